The average Bonchev–Trinajstić information content (AvgIpc) is 2.37. The predicted octanol–water partition coefficient (Wildman–Crippen LogP) is 4.62. The summed E-state index contributed by atoms with van der Waals surface area (Å²) in [6, 6.07) is 6.66. The second-order valence-corrected chi connectivity index (χ2v) is 5.84. The molecular weight excluding hydrogens is 288 g/mol. The van der Waals surface area contributed by atoms with Crippen molar-refractivity contribution in [1.82, 2.24) is 5.43 Å². The second-order valence-electron chi connectivity index (χ2n) is 4.92. The van der Waals surface area contributed by atoms with Crippen molar-refractivity contribution in [3.63, 3.8) is 0 Å². The fourth-order valence-corrected chi connectivity index (χ4v) is 2.65. The highest BCUT2D eigenvalue weighted by Gasteiger charge is 2.12. The first kappa shape index (κ1) is 15.7. The second kappa shape index (κ2) is 8.68. The highest BCUT2D eigenvalue weighted by molar-refractivity contribution is 9.10. The van der Waals surface area contributed by atoms with E-state index >= 15 is 0 Å². The largest absolute Gasteiger partial charge is 0.271 e. The van der Waals surface area contributed by atoms with E-state index in [2.05, 4.69) is 53.4 Å². The van der Waals surface area contributed by atoms with Crippen LogP contribution in [0.15, 0.2) is 22.7 Å². The van der Waals surface area contributed by atoms with Gasteiger partial charge in [0.15, 0.2) is 0 Å². The lowest BCUT2D eigenvalue weighted by molar-refractivity contribution is 0.477. The van der Waals surface area contributed by atoms with E-state index in [-0.39, 0.29) is 6.04 Å². The van der Waals surface area contributed by atoms with Gasteiger partial charge < -0.3 is 0 Å². The van der Waals surface area contributed by atoms with Crippen molar-refractivity contribution < 1.29 is 0 Å². The molecular formula is C15H25BrN2. The third kappa shape index (κ3) is 5.09. The third-order valence-electron chi connectivity index (χ3n) is 3.41. The summed E-state index contributed by atoms with van der Waals surface area (Å²) in [6.07, 6.45) is 7.63. The summed E-state index contributed by atoms with van der Waals surface area (Å²) in [5.74, 6) is 5.70. The lowest BCUT2D eigenvalue weighted by Crippen LogP contribution is -2.28. The van der Waals surface area contributed by atoms with Crippen LogP contribution in [0.25, 0.3) is 0 Å². The van der Waals surface area contributed by atoms with Crippen LogP contribution in [0.5, 0.6) is 0 Å². The van der Waals surface area contributed by atoms with Gasteiger partial charge in [0.2, 0.25) is 0 Å². The van der Waals surface area contributed by atoms with E-state index in [1.54, 1.807) is 0 Å². The Morgan fingerprint density at radius 1 is 1.22 bits per heavy atom. The molecule has 1 aromatic rings. The monoisotopic (exact) mass is 312 g/mol. The summed E-state index contributed by atoms with van der Waals surface area (Å²) in [5, 5.41) is 0. The minimum atomic E-state index is 0.268. The number of nitrogens with one attached hydrogen (secondary N) is 1. The highest BCUT2D eigenvalue weighted by atomic mass is 79.9. The van der Waals surface area contributed by atoms with Gasteiger partial charge in [-0.15, -0.1) is 0 Å². The van der Waals surface area contributed by atoms with Crippen LogP contribution >= 0.6 is 15.9 Å². The first-order valence-electron chi connectivity index (χ1n) is 6.91. The Labute approximate surface area is 119 Å². The molecule has 2 nitrogen and oxygen atoms in total. The summed E-state index contributed by atoms with van der Waals surface area (Å²) in [5.41, 5.74) is 5.56. The van der Waals surface area contributed by atoms with Crippen molar-refractivity contribution in [2.45, 2.75) is 58.4 Å². The molecule has 1 atom stereocenters. The number of unbranched alkanes of at least 4 members (excludes halogenated alkanes) is 4. The molecule has 18 heavy (non-hydrogen) atoms. The van der Waals surface area contributed by atoms with Crippen LogP contribution in [0, 0.1) is 6.92 Å². The van der Waals surface area contributed by atoms with Gasteiger partial charge >= 0.3 is 0 Å². The maximum absolute atomic E-state index is 5.70. The van der Waals surface area contributed by atoms with E-state index in [0.717, 1.165) is 10.9 Å². The number of halogens is 1. The van der Waals surface area contributed by atoms with Gasteiger partial charge in [-0.1, -0.05) is 61.0 Å². The summed E-state index contributed by atoms with van der Waals surface area (Å²) in [6.45, 7) is 4.39. The van der Waals surface area contributed by atoms with Crippen LogP contribution in [-0.2, 0) is 0 Å². The van der Waals surface area contributed by atoms with Crippen molar-refractivity contribution in [3.05, 3.63) is 33.8 Å². The molecule has 3 N–H and O–H groups in total. The molecule has 0 heterocycles. The van der Waals surface area contributed by atoms with Crippen LogP contribution in [0.3, 0.4) is 0 Å². The number of hydrogen-bond donors (Lipinski definition) is 2. The van der Waals surface area contributed by atoms with E-state index < -0.39 is 0 Å². The number of hydrogen-bond acceptors (Lipinski definition) is 2. The summed E-state index contributed by atoms with van der Waals surface area (Å²) in [4.78, 5) is 0. The predicted molar refractivity (Wildman–Crippen MR) is 82.3 cm³/mol. The SMILES string of the molecule is CCCCCCCC(NN)c1cc(Br)ccc1C. The number of rotatable bonds is 8. The van der Waals surface area contributed by atoms with Gasteiger partial charge in [-0.05, 0) is 36.6 Å². The Kier molecular flexibility index (Phi) is 7.56. The number of benzene rings is 1. The van der Waals surface area contributed by atoms with E-state index in [1.165, 1.54) is 43.2 Å². The standard InChI is InChI=1S/C15H25BrN2/c1-3-4-5-6-7-8-15(18-17)14-11-13(16)10-9-12(14)2/h9-11,15,18H,3-8,17H2,1-2H3. The van der Waals surface area contributed by atoms with Crippen LogP contribution < -0.4 is 11.3 Å². The molecule has 0 fully saturated rings. The van der Waals surface area contributed by atoms with Crippen molar-refractivity contribution in [1.29, 1.82) is 0 Å². The van der Waals surface area contributed by atoms with Gasteiger partial charge in [0, 0.05) is 10.5 Å². The molecule has 0 aliphatic heterocycles. The fraction of sp³-hybridized carbons (Fsp3) is 0.600. The van der Waals surface area contributed by atoms with E-state index in [4.69, 9.17) is 5.84 Å². The Morgan fingerprint density at radius 2 is 1.94 bits per heavy atom. The molecule has 0 saturated heterocycles. The summed E-state index contributed by atoms with van der Waals surface area (Å²) >= 11 is 3.53. The molecule has 0 amide bonds. The van der Waals surface area contributed by atoms with E-state index in [0.29, 0.717) is 0 Å². The minimum absolute atomic E-state index is 0.268. The normalized spacial score (nSPS) is 12.7. The van der Waals surface area contributed by atoms with E-state index in [1.807, 2.05) is 0 Å². The maximum atomic E-state index is 5.70. The van der Waals surface area contributed by atoms with E-state index in [9.17, 15) is 0 Å². The van der Waals surface area contributed by atoms with Crippen molar-refractivity contribution in [2.24, 2.45) is 5.84 Å². The van der Waals surface area contributed by atoms with Crippen LogP contribution in [0.2, 0.25) is 0 Å². The molecule has 1 unspecified atom stereocenters. The molecule has 3 heteroatoms. The van der Waals surface area contributed by atoms with Crippen LogP contribution in [0.4, 0.5) is 0 Å². The van der Waals surface area contributed by atoms with Crippen LogP contribution in [0.1, 0.15) is 62.6 Å². The molecule has 0 radical (unpaired) electrons. The minimum Gasteiger partial charge on any atom is -0.271 e. The molecule has 1 rings (SSSR count). The van der Waals surface area contributed by atoms with Crippen molar-refractivity contribution >= 4 is 15.9 Å². The molecule has 0 saturated carbocycles. The maximum Gasteiger partial charge on any atom is 0.0463 e. The first-order valence-corrected chi connectivity index (χ1v) is 7.70. The zero-order chi connectivity index (χ0) is 13.4. The van der Waals surface area contributed by atoms with Gasteiger partial charge in [0.1, 0.15) is 0 Å². The molecule has 0 aliphatic carbocycles. The summed E-state index contributed by atoms with van der Waals surface area (Å²) in [7, 11) is 0. The highest BCUT2D eigenvalue weighted by Crippen LogP contribution is 2.25. The van der Waals surface area contributed by atoms with Crippen molar-refractivity contribution in [3.8, 4) is 0 Å². The molecule has 0 aromatic heterocycles. The Morgan fingerprint density at radius 3 is 2.61 bits per heavy atom. The number of hydrazine groups is 1. The van der Waals surface area contributed by atoms with Gasteiger partial charge in [-0.25, -0.2) is 0 Å². The lowest BCUT2D eigenvalue weighted by Gasteiger charge is -2.19. The van der Waals surface area contributed by atoms with Gasteiger partial charge in [-0.3, -0.25) is 11.3 Å². The Bertz CT molecular complexity index is 352. The third-order valence-corrected chi connectivity index (χ3v) is 3.91. The molecule has 102 valence electrons. The van der Waals surface area contributed by atoms with Crippen molar-refractivity contribution in [2.75, 3.05) is 0 Å². The fourth-order valence-electron chi connectivity index (χ4n) is 2.27. The smallest absolute Gasteiger partial charge is 0.0463 e. The lowest BCUT2D eigenvalue weighted by atomic mass is 9.97. The first-order chi connectivity index (χ1) is 8.69. The average molecular weight is 313 g/mol. The molecule has 0 aliphatic rings. The molecule has 0 bridgehead atoms. The summed E-state index contributed by atoms with van der Waals surface area (Å²) < 4.78 is 1.12. The van der Waals surface area contributed by atoms with Gasteiger partial charge in [0.05, 0.1) is 0 Å². The quantitative estimate of drug-likeness (QED) is 0.417. The topological polar surface area (TPSA) is 38.0 Å². The van der Waals surface area contributed by atoms with Gasteiger partial charge in [0.25, 0.3) is 0 Å². The molecule has 0 spiro atoms. The Balaban J connectivity index is 2.52. The van der Waals surface area contributed by atoms with Gasteiger partial charge in [-0.2, -0.15) is 0 Å². The zero-order valence-corrected chi connectivity index (χ0v) is 13.1. The number of nitrogens with two attached hydrogens (primary N) is 1. The van der Waals surface area contributed by atoms with Crippen LogP contribution in [-0.4, -0.2) is 0 Å². The molecule has 1 aromatic carbocycles. The number of aryl methyl sites for hydroxylation is 1. The zero-order valence-electron chi connectivity index (χ0n) is 11.5. The Hall–Kier alpha value is -0.380.